The molecule has 0 bridgehead atoms. The lowest BCUT2D eigenvalue weighted by molar-refractivity contribution is -0.143. The summed E-state index contributed by atoms with van der Waals surface area (Å²) in [6.45, 7) is 6.36. The number of amides is 1. The van der Waals surface area contributed by atoms with E-state index < -0.39 is 12.0 Å². The van der Waals surface area contributed by atoms with E-state index in [0.717, 1.165) is 29.7 Å². The Morgan fingerprint density at radius 3 is 2.38 bits per heavy atom. The van der Waals surface area contributed by atoms with Crippen LogP contribution in [0.1, 0.15) is 25.5 Å². The molecule has 1 aliphatic heterocycles. The summed E-state index contributed by atoms with van der Waals surface area (Å²) in [7, 11) is 0. The second kappa shape index (κ2) is 9.22. The molecule has 2 heterocycles. The number of carboxylic acid groups (broad SMARTS) is 1. The van der Waals surface area contributed by atoms with Crippen LogP contribution in [0.3, 0.4) is 0 Å². The number of nitrogens with zero attached hydrogens (tertiary/aromatic N) is 2. The fourth-order valence-corrected chi connectivity index (χ4v) is 4.23. The van der Waals surface area contributed by atoms with Crippen LogP contribution in [0.25, 0.3) is 10.9 Å². The lowest BCUT2D eigenvalue weighted by atomic mass is 10.0. The molecule has 8 heteroatoms. The van der Waals surface area contributed by atoms with Gasteiger partial charge in [-0.05, 0) is 42.5 Å². The number of aliphatic carboxylic acids is 1. The summed E-state index contributed by atoms with van der Waals surface area (Å²) in [6.07, 6.45) is 1.77. The number of hydrogen-bond acceptors (Lipinski definition) is 4. The molecule has 3 N–H and O–H groups in total. The predicted molar refractivity (Wildman–Crippen MR) is 127 cm³/mol. The minimum Gasteiger partial charge on any atom is -0.480 e. The zero-order valence-electron chi connectivity index (χ0n) is 18.1. The monoisotopic (exact) mass is 454 g/mol. The van der Waals surface area contributed by atoms with Crippen LogP contribution in [0.5, 0.6) is 0 Å². The molecule has 7 nitrogen and oxygen atoms in total. The van der Waals surface area contributed by atoms with Crippen molar-refractivity contribution in [3.63, 3.8) is 0 Å². The normalized spacial score (nSPS) is 15.8. The van der Waals surface area contributed by atoms with Gasteiger partial charge in [-0.15, -0.1) is 0 Å². The number of H-pyrrole nitrogens is 1. The van der Waals surface area contributed by atoms with Crippen molar-refractivity contribution in [2.75, 3.05) is 36.4 Å². The standard InChI is InChI=1S/C24H27ClN4O3/c1-15(2)23(30)27-17-5-8-21-19(13-17)20(14-26-21)22(24(31)32)29-11-9-28(10-12-29)18-6-3-16(25)4-7-18/h3-8,13-15,22,26H,9-12H2,1-2H3,(H,27,30)(H,31,32)/t22-/m1/s1. The summed E-state index contributed by atoms with van der Waals surface area (Å²) in [6, 6.07) is 12.5. The molecule has 1 amide bonds. The van der Waals surface area contributed by atoms with E-state index in [9.17, 15) is 14.7 Å². The molecule has 4 rings (SSSR count). The summed E-state index contributed by atoms with van der Waals surface area (Å²) in [5, 5.41) is 14.5. The number of anilines is 2. The number of nitrogens with one attached hydrogen (secondary N) is 2. The van der Waals surface area contributed by atoms with Crippen LogP contribution in [0, 0.1) is 5.92 Å². The molecule has 0 unspecified atom stereocenters. The fraction of sp³-hybridized carbons (Fsp3) is 0.333. The van der Waals surface area contributed by atoms with E-state index in [1.165, 1.54) is 0 Å². The van der Waals surface area contributed by atoms with Crippen molar-refractivity contribution in [1.29, 1.82) is 0 Å². The summed E-state index contributed by atoms with van der Waals surface area (Å²) in [4.78, 5) is 31.8. The number of carbonyl (C=O) groups is 2. The zero-order valence-corrected chi connectivity index (χ0v) is 18.9. The van der Waals surface area contributed by atoms with Crippen LogP contribution in [0.15, 0.2) is 48.7 Å². The molecule has 1 atom stereocenters. The van der Waals surface area contributed by atoms with E-state index in [-0.39, 0.29) is 11.8 Å². The van der Waals surface area contributed by atoms with Crippen LogP contribution in [-0.2, 0) is 9.59 Å². The molecule has 0 aliphatic carbocycles. The second-order valence-corrected chi connectivity index (χ2v) is 8.82. The molecule has 2 aromatic carbocycles. The molecule has 1 aliphatic rings. The van der Waals surface area contributed by atoms with Crippen molar-refractivity contribution >= 4 is 45.8 Å². The van der Waals surface area contributed by atoms with E-state index in [1.807, 2.05) is 61.2 Å². The van der Waals surface area contributed by atoms with Crippen molar-refractivity contribution in [2.45, 2.75) is 19.9 Å². The van der Waals surface area contributed by atoms with Crippen LogP contribution >= 0.6 is 11.6 Å². The smallest absolute Gasteiger partial charge is 0.325 e. The third-order valence-corrected chi connectivity index (χ3v) is 6.16. The van der Waals surface area contributed by atoms with Gasteiger partial charge in [0.2, 0.25) is 5.91 Å². The molecule has 1 fully saturated rings. The Kier molecular flexibility index (Phi) is 6.39. The molecular formula is C24H27ClN4O3. The highest BCUT2D eigenvalue weighted by molar-refractivity contribution is 6.30. The SMILES string of the molecule is CC(C)C(=O)Nc1ccc2[nH]cc([C@H](C(=O)O)N3CCN(c4ccc(Cl)cc4)CC3)c2c1. The van der Waals surface area contributed by atoms with Gasteiger partial charge in [0.1, 0.15) is 6.04 Å². The van der Waals surface area contributed by atoms with E-state index in [2.05, 4.69) is 15.2 Å². The average Bonchev–Trinajstić information content (AvgIpc) is 3.17. The zero-order chi connectivity index (χ0) is 22.8. The first-order chi connectivity index (χ1) is 15.3. The molecule has 0 radical (unpaired) electrons. The highest BCUT2D eigenvalue weighted by atomic mass is 35.5. The second-order valence-electron chi connectivity index (χ2n) is 8.39. The van der Waals surface area contributed by atoms with Gasteiger partial charge in [-0.25, -0.2) is 0 Å². The Morgan fingerprint density at radius 1 is 1.06 bits per heavy atom. The van der Waals surface area contributed by atoms with E-state index in [1.54, 1.807) is 6.20 Å². The van der Waals surface area contributed by atoms with Crippen molar-refractivity contribution in [1.82, 2.24) is 9.88 Å². The Labute approximate surface area is 192 Å². The van der Waals surface area contributed by atoms with E-state index in [0.29, 0.717) is 29.4 Å². The number of aromatic amines is 1. The number of benzene rings is 2. The van der Waals surface area contributed by atoms with Gasteiger partial charge in [-0.1, -0.05) is 25.4 Å². The summed E-state index contributed by atoms with van der Waals surface area (Å²) in [5.74, 6) is -1.10. The van der Waals surface area contributed by atoms with Crippen LogP contribution in [0.4, 0.5) is 11.4 Å². The fourth-order valence-electron chi connectivity index (χ4n) is 4.11. The quantitative estimate of drug-likeness (QED) is 0.515. The number of halogens is 1. The van der Waals surface area contributed by atoms with Crippen LogP contribution in [0.2, 0.25) is 5.02 Å². The van der Waals surface area contributed by atoms with Gasteiger partial charge in [0, 0.05) is 71.2 Å². The largest absolute Gasteiger partial charge is 0.480 e. The van der Waals surface area contributed by atoms with Gasteiger partial charge < -0.3 is 20.3 Å². The van der Waals surface area contributed by atoms with E-state index >= 15 is 0 Å². The minimum absolute atomic E-state index is 0.0745. The first kappa shape index (κ1) is 22.2. The van der Waals surface area contributed by atoms with Crippen LogP contribution in [-0.4, -0.2) is 53.0 Å². The van der Waals surface area contributed by atoms with Crippen molar-refractivity contribution < 1.29 is 14.7 Å². The highest BCUT2D eigenvalue weighted by Crippen LogP contribution is 2.32. The molecule has 0 saturated carbocycles. The van der Waals surface area contributed by atoms with E-state index in [4.69, 9.17) is 11.6 Å². The Balaban J connectivity index is 1.56. The number of piperazine rings is 1. The van der Waals surface area contributed by atoms with Gasteiger partial charge in [0.25, 0.3) is 0 Å². The van der Waals surface area contributed by atoms with Crippen LogP contribution < -0.4 is 10.2 Å². The van der Waals surface area contributed by atoms with Crippen molar-refractivity contribution in [3.8, 4) is 0 Å². The van der Waals surface area contributed by atoms with Crippen molar-refractivity contribution in [2.24, 2.45) is 5.92 Å². The summed E-state index contributed by atoms with van der Waals surface area (Å²) in [5.41, 5.74) is 3.29. The highest BCUT2D eigenvalue weighted by Gasteiger charge is 2.32. The molecule has 0 spiro atoms. The Hall–Kier alpha value is -3.03. The molecule has 32 heavy (non-hydrogen) atoms. The predicted octanol–water partition coefficient (Wildman–Crippen LogP) is 4.36. The molecule has 3 aromatic rings. The van der Waals surface area contributed by atoms with Gasteiger partial charge in [-0.2, -0.15) is 0 Å². The van der Waals surface area contributed by atoms with Gasteiger partial charge in [-0.3, -0.25) is 14.5 Å². The van der Waals surface area contributed by atoms with Gasteiger partial charge in [0.15, 0.2) is 0 Å². The number of aromatic nitrogens is 1. The summed E-state index contributed by atoms with van der Waals surface area (Å²) >= 11 is 5.99. The number of carbonyl (C=O) groups excluding carboxylic acids is 1. The van der Waals surface area contributed by atoms with Crippen molar-refractivity contribution in [3.05, 3.63) is 59.2 Å². The maximum atomic E-state index is 12.3. The Morgan fingerprint density at radius 2 is 1.75 bits per heavy atom. The molecule has 1 aromatic heterocycles. The number of carboxylic acids is 1. The topological polar surface area (TPSA) is 88.7 Å². The molecule has 168 valence electrons. The summed E-state index contributed by atoms with van der Waals surface area (Å²) < 4.78 is 0. The lowest BCUT2D eigenvalue weighted by Crippen LogP contribution is -2.49. The lowest BCUT2D eigenvalue weighted by Gasteiger charge is -2.38. The molecular weight excluding hydrogens is 428 g/mol. The maximum Gasteiger partial charge on any atom is 0.325 e. The number of fused-ring (bicyclic) bond motifs is 1. The number of rotatable bonds is 6. The third kappa shape index (κ3) is 4.59. The number of hydrogen-bond donors (Lipinski definition) is 3. The average molecular weight is 455 g/mol. The maximum absolute atomic E-state index is 12.3. The Bertz CT molecular complexity index is 1120. The first-order valence-electron chi connectivity index (χ1n) is 10.7. The molecule has 1 saturated heterocycles. The van der Waals surface area contributed by atoms with Gasteiger partial charge in [0.05, 0.1) is 0 Å². The first-order valence-corrected chi connectivity index (χ1v) is 11.1. The minimum atomic E-state index is -0.887. The van der Waals surface area contributed by atoms with Gasteiger partial charge >= 0.3 is 5.97 Å². The third-order valence-electron chi connectivity index (χ3n) is 5.91.